The lowest BCUT2D eigenvalue weighted by Crippen LogP contribution is -2.19. The molecule has 0 radical (unpaired) electrons. The third kappa shape index (κ3) is 4.60. The van der Waals surface area contributed by atoms with Crippen molar-refractivity contribution in [2.75, 3.05) is 7.11 Å². The zero-order valence-corrected chi connectivity index (χ0v) is 19.4. The van der Waals surface area contributed by atoms with Crippen molar-refractivity contribution in [3.8, 4) is 28.3 Å². The van der Waals surface area contributed by atoms with Crippen LogP contribution in [0.5, 0.6) is 5.88 Å². The van der Waals surface area contributed by atoms with Gasteiger partial charge in [0.05, 0.1) is 28.5 Å². The second kappa shape index (κ2) is 9.01. The van der Waals surface area contributed by atoms with E-state index >= 15 is 0 Å². The van der Waals surface area contributed by atoms with Crippen molar-refractivity contribution >= 4 is 28.1 Å². The Morgan fingerprint density at radius 1 is 0.969 bits per heavy atom. The molecule has 0 aliphatic carbocycles. The molecule has 0 fully saturated rings. The second-order valence-electron chi connectivity index (χ2n) is 8.36. The van der Waals surface area contributed by atoms with Gasteiger partial charge in [-0.1, -0.05) is 54.6 Å². The highest BCUT2D eigenvalue weighted by Crippen LogP contribution is 2.35. The minimum absolute atomic E-state index is 0.383. The number of methoxy groups -OCH3 is 1. The molecule has 0 spiro atoms. The molecule has 0 saturated heterocycles. The van der Waals surface area contributed by atoms with E-state index in [-0.39, 0.29) is 4.75 Å². The van der Waals surface area contributed by atoms with E-state index in [0.29, 0.717) is 5.88 Å². The summed E-state index contributed by atoms with van der Waals surface area (Å²) in [5, 5.41) is 0.867. The predicted octanol–water partition coefficient (Wildman–Crippen LogP) is 5.85. The first kappa shape index (κ1) is 21.8. The van der Waals surface area contributed by atoms with Gasteiger partial charge in [-0.05, 0) is 44.0 Å². The fraction of sp³-hybridized carbons (Fsp3) is 0.192. The third-order valence-electron chi connectivity index (χ3n) is 4.99. The number of ether oxygens (including phenoxy) is 1. The monoisotopic (exact) mass is 443 g/mol. The maximum absolute atomic E-state index is 12.2. The van der Waals surface area contributed by atoms with Gasteiger partial charge in [0.2, 0.25) is 5.88 Å². The zero-order valence-electron chi connectivity index (χ0n) is 18.6. The summed E-state index contributed by atoms with van der Waals surface area (Å²) < 4.78 is 21.5. The van der Waals surface area contributed by atoms with Gasteiger partial charge in [-0.25, -0.2) is 14.2 Å². The van der Waals surface area contributed by atoms with Crippen LogP contribution >= 0.6 is 0 Å². The highest BCUT2D eigenvalue weighted by molar-refractivity contribution is 7.85. The third-order valence-corrected chi connectivity index (χ3v) is 6.33. The number of nitrogens with zero attached hydrogens (tertiary/aromatic N) is 3. The van der Waals surface area contributed by atoms with Crippen LogP contribution in [0.3, 0.4) is 0 Å². The number of benzene rings is 2. The molecule has 162 valence electrons. The van der Waals surface area contributed by atoms with Crippen LogP contribution in [0.2, 0.25) is 0 Å². The van der Waals surface area contributed by atoms with Gasteiger partial charge in [0.25, 0.3) is 0 Å². The van der Waals surface area contributed by atoms with E-state index in [0.717, 1.165) is 38.9 Å². The summed E-state index contributed by atoms with van der Waals surface area (Å²) in [7, 11) is 0.328. The van der Waals surface area contributed by atoms with Crippen LogP contribution in [0, 0.1) is 0 Å². The van der Waals surface area contributed by atoms with Gasteiger partial charge in [0, 0.05) is 23.5 Å². The fourth-order valence-electron chi connectivity index (χ4n) is 3.29. The summed E-state index contributed by atoms with van der Waals surface area (Å²) in [5.74, 6) is 0.553. The van der Waals surface area contributed by atoms with Crippen LogP contribution in [-0.4, -0.2) is 32.2 Å². The van der Waals surface area contributed by atoms with Crippen molar-refractivity contribution < 1.29 is 8.95 Å². The van der Waals surface area contributed by atoms with Gasteiger partial charge in [-0.2, -0.15) is 4.40 Å². The first-order valence-corrected chi connectivity index (χ1v) is 11.4. The van der Waals surface area contributed by atoms with Gasteiger partial charge < -0.3 is 4.74 Å². The van der Waals surface area contributed by atoms with E-state index < -0.39 is 11.0 Å². The van der Waals surface area contributed by atoms with Gasteiger partial charge in [-0.15, -0.1) is 0 Å². The molecule has 1 unspecified atom stereocenters. The molecule has 0 aliphatic heterocycles. The van der Waals surface area contributed by atoms with E-state index in [1.54, 1.807) is 19.5 Å². The SMILES string of the molecule is COc1nccc2nc(-c3ccc(C=NS(=O)C(C)(C)C)cc3)c(-c3ccccc3)cc12. The number of pyridine rings is 2. The summed E-state index contributed by atoms with van der Waals surface area (Å²) in [4.78, 5) is 9.29. The van der Waals surface area contributed by atoms with Crippen LogP contribution in [-0.2, 0) is 11.0 Å². The number of aromatic nitrogens is 2. The summed E-state index contributed by atoms with van der Waals surface area (Å²) in [6.45, 7) is 5.72. The van der Waals surface area contributed by atoms with E-state index in [1.807, 2.05) is 69.3 Å². The molecular formula is C26H25N3O2S. The average molecular weight is 444 g/mol. The molecule has 0 saturated carbocycles. The van der Waals surface area contributed by atoms with E-state index in [4.69, 9.17) is 9.72 Å². The normalized spacial score (nSPS) is 12.9. The maximum atomic E-state index is 12.2. The molecule has 5 nitrogen and oxygen atoms in total. The lowest BCUT2D eigenvalue weighted by atomic mass is 9.97. The van der Waals surface area contributed by atoms with Crippen LogP contribution in [0.15, 0.2) is 77.3 Å². The molecule has 0 aliphatic rings. The summed E-state index contributed by atoms with van der Waals surface area (Å²) in [6, 6.07) is 22.1. The molecule has 2 aromatic carbocycles. The summed E-state index contributed by atoms with van der Waals surface area (Å²) in [6.07, 6.45) is 3.36. The Labute approximate surface area is 190 Å². The highest BCUT2D eigenvalue weighted by Gasteiger charge is 2.18. The smallest absolute Gasteiger partial charge is 0.222 e. The van der Waals surface area contributed by atoms with Crippen molar-refractivity contribution in [2.45, 2.75) is 25.5 Å². The molecule has 4 rings (SSSR count). The largest absolute Gasteiger partial charge is 0.481 e. The van der Waals surface area contributed by atoms with Gasteiger partial charge in [0.15, 0.2) is 0 Å². The Hall–Kier alpha value is -3.38. The average Bonchev–Trinajstić information content (AvgIpc) is 2.81. The van der Waals surface area contributed by atoms with E-state index in [2.05, 4.69) is 27.6 Å². The van der Waals surface area contributed by atoms with Crippen LogP contribution in [0.4, 0.5) is 0 Å². The van der Waals surface area contributed by atoms with Gasteiger partial charge in [0.1, 0.15) is 11.0 Å². The molecule has 32 heavy (non-hydrogen) atoms. The molecule has 4 aromatic rings. The summed E-state index contributed by atoms with van der Waals surface area (Å²) in [5.41, 5.74) is 5.63. The molecule has 1 atom stereocenters. The maximum Gasteiger partial charge on any atom is 0.222 e. The topological polar surface area (TPSA) is 64.4 Å². The number of hydrogen-bond donors (Lipinski definition) is 0. The molecule has 6 heteroatoms. The second-order valence-corrected chi connectivity index (χ2v) is 10.3. The van der Waals surface area contributed by atoms with Crippen LogP contribution in [0.1, 0.15) is 26.3 Å². The Morgan fingerprint density at radius 3 is 2.34 bits per heavy atom. The van der Waals surface area contributed by atoms with Crippen molar-refractivity contribution in [1.29, 1.82) is 0 Å². The van der Waals surface area contributed by atoms with Crippen molar-refractivity contribution in [3.05, 3.63) is 78.5 Å². The molecule has 0 N–H and O–H groups in total. The van der Waals surface area contributed by atoms with Gasteiger partial charge in [-0.3, -0.25) is 0 Å². The Bertz CT molecular complexity index is 1290. The Balaban J connectivity index is 1.80. The van der Waals surface area contributed by atoms with E-state index in [9.17, 15) is 4.21 Å². The number of hydrogen-bond acceptors (Lipinski definition) is 4. The quantitative estimate of drug-likeness (QED) is 0.363. The van der Waals surface area contributed by atoms with Crippen molar-refractivity contribution in [2.24, 2.45) is 4.40 Å². The number of rotatable bonds is 5. The summed E-state index contributed by atoms with van der Waals surface area (Å²) >= 11 is 0. The first-order chi connectivity index (χ1) is 15.4. The lowest BCUT2D eigenvalue weighted by molar-refractivity contribution is 0.403. The fourth-order valence-corrected chi connectivity index (χ4v) is 3.82. The van der Waals surface area contributed by atoms with Crippen LogP contribution in [0.25, 0.3) is 33.3 Å². The number of fused-ring (bicyclic) bond motifs is 1. The molecule has 0 bridgehead atoms. The molecule has 0 amide bonds. The molecule has 2 heterocycles. The lowest BCUT2D eigenvalue weighted by Gasteiger charge is -2.13. The van der Waals surface area contributed by atoms with Crippen LogP contribution < -0.4 is 4.74 Å². The minimum atomic E-state index is -1.29. The molecular weight excluding hydrogens is 418 g/mol. The highest BCUT2D eigenvalue weighted by atomic mass is 32.2. The predicted molar refractivity (Wildman–Crippen MR) is 132 cm³/mol. The minimum Gasteiger partial charge on any atom is -0.481 e. The Kier molecular flexibility index (Phi) is 6.15. The molecule has 2 aromatic heterocycles. The van der Waals surface area contributed by atoms with E-state index in [1.165, 1.54) is 0 Å². The van der Waals surface area contributed by atoms with Gasteiger partial charge >= 0.3 is 0 Å². The first-order valence-electron chi connectivity index (χ1n) is 10.3. The zero-order chi connectivity index (χ0) is 22.7. The van der Waals surface area contributed by atoms with Crippen molar-refractivity contribution in [1.82, 2.24) is 9.97 Å². The Morgan fingerprint density at radius 2 is 1.69 bits per heavy atom. The van der Waals surface area contributed by atoms with Crippen molar-refractivity contribution in [3.63, 3.8) is 0 Å². The standard InChI is InChI=1S/C26H25N3O2S/c1-26(2,3)32(30)28-17-18-10-12-20(13-11-18)24-21(19-8-6-5-7-9-19)16-22-23(29-24)14-15-27-25(22)31-4/h5-17H,1-4H3.